The van der Waals surface area contributed by atoms with Crippen molar-refractivity contribution in [3.63, 3.8) is 0 Å². The lowest BCUT2D eigenvalue weighted by atomic mass is 10.1. The Balaban J connectivity index is 0. The smallest absolute Gasteiger partial charge is 0.240 e. The molecule has 0 rings (SSSR count). The Morgan fingerprint density at radius 2 is 1.42 bits per heavy atom. The lowest BCUT2D eigenvalue weighted by Gasteiger charge is -2.21. The second kappa shape index (κ2) is 4.38. The Morgan fingerprint density at radius 3 is 1.50 bits per heavy atom. The molecule has 0 aliphatic carbocycles. The van der Waals surface area contributed by atoms with E-state index in [0.717, 1.165) is 6.92 Å². The van der Waals surface area contributed by atoms with Crippen LogP contribution < -0.4 is 0 Å². The summed E-state index contributed by atoms with van der Waals surface area (Å²) in [6, 6.07) is 0. The zero-order chi connectivity index (χ0) is 9.28. The van der Waals surface area contributed by atoms with Gasteiger partial charge in [-0.15, -0.1) is 0 Å². The van der Waals surface area contributed by atoms with Crippen LogP contribution in [-0.2, 0) is 0 Å². The van der Waals surface area contributed by atoms with Crippen molar-refractivity contribution in [2.24, 2.45) is 0 Å². The van der Waals surface area contributed by atoms with Crippen LogP contribution in [-0.4, -0.2) is 35.6 Å². The molecule has 12 heavy (non-hydrogen) atoms. The fraction of sp³-hybridized carbons (Fsp3) is 1.00. The number of hydrogen-bond acceptors (Lipinski definition) is 0. The predicted octanol–water partition coefficient (Wildman–Crippen LogP) is 1.75. The molecule has 74 valence electrons. The molecule has 7 heteroatoms. The standard InChI is InChI=1S/C5H6F6.Al.3H/c1-2-3(6)4(7,8)5(9,10)11;;;;/h3H,2H2,1H3;;;;. The average molecular weight is 210 g/mol. The van der Waals surface area contributed by atoms with E-state index >= 15 is 0 Å². The van der Waals surface area contributed by atoms with Gasteiger partial charge in [0.05, 0.1) is 0 Å². The van der Waals surface area contributed by atoms with Gasteiger partial charge in [-0.05, 0) is 6.42 Å². The fourth-order valence-electron chi connectivity index (χ4n) is 0.434. The van der Waals surface area contributed by atoms with E-state index in [4.69, 9.17) is 0 Å². The van der Waals surface area contributed by atoms with Crippen molar-refractivity contribution in [3.05, 3.63) is 0 Å². The third-order valence-electron chi connectivity index (χ3n) is 1.13. The van der Waals surface area contributed by atoms with E-state index in [1.807, 2.05) is 0 Å². The van der Waals surface area contributed by atoms with Gasteiger partial charge < -0.3 is 0 Å². The minimum atomic E-state index is -5.79. The largest absolute Gasteiger partial charge is 0.456 e. The van der Waals surface area contributed by atoms with E-state index in [-0.39, 0.29) is 17.4 Å². The van der Waals surface area contributed by atoms with Gasteiger partial charge in [-0.25, -0.2) is 4.39 Å². The summed E-state index contributed by atoms with van der Waals surface area (Å²) in [5, 5.41) is 0. The molecule has 1 atom stereocenters. The lowest BCUT2D eigenvalue weighted by Crippen LogP contribution is -2.44. The quantitative estimate of drug-likeness (QED) is 0.481. The highest BCUT2D eigenvalue weighted by atomic mass is 27.0. The molecular weight excluding hydrogens is 201 g/mol. The van der Waals surface area contributed by atoms with Gasteiger partial charge in [0.2, 0.25) is 0 Å². The molecule has 0 nitrogen and oxygen atoms in total. The van der Waals surface area contributed by atoms with Gasteiger partial charge in [0.25, 0.3) is 0 Å². The Labute approximate surface area is 76.1 Å². The molecular formula is C5H9AlF6. The van der Waals surface area contributed by atoms with E-state index in [9.17, 15) is 26.3 Å². The average Bonchev–Trinajstić information content (AvgIpc) is 1.83. The zero-order valence-corrected chi connectivity index (χ0v) is 5.55. The molecule has 0 aliphatic rings. The molecule has 0 N–H and O–H groups in total. The maximum atomic E-state index is 11.9. The Bertz CT molecular complexity index is 130. The van der Waals surface area contributed by atoms with Crippen molar-refractivity contribution in [1.82, 2.24) is 0 Å². The number of rotatable bonds is 2. The first kappa shape index (κ1) is 14.6. The molecule has 0 aromatic rings. The van der Waals surface area contributed by atoms with Gasteiger partial charge in [0.1, 0.15) is 0 Å². The lowest BCUT2D eigenvalue weighted by molar-refractivity contribution is -0.303. The second-order valence-electron chi connectivity index (χ2n) is 2.00. The number of hydrogen-bond donors (Lipinski definition) is 0. The molecule has 0 aliphatic heterocycles. The summed E-state index contributed by atoms with van der Waals surface area (Å²) in [5.41, 5.74) is 0. The first-order valence-electron chi connectivity index (χ1n) is 2.82. The van der Waals surface area contributed by atoms with Gasteiger partial charge in [0, 0.05) is 0 Å². The van der Waals surface area contributed by atoms with Crippen LogP contribution in [0.2, 0.25) is 0 Å². The molecule has 0 spiro atoms. The van der Waals surface area contributed by atoms with Crippen molar-refractivity contribution in [3.8, 4) is 0 Å². The minimum Gasteiger partial charge on any atom is -0.240 e. The Morgan fingerprint density at radius 1 is 1.08 bits per heavy atom. The summed E-state index contributed by atoms with van der Waals surface area (Å²) in [7, 11) is 0. The molecule has 0 saturated heterocycles. The van der Waals surface area contributed by atoms with Gasteiger partial charge in [0.15, 0.2) is 23.5 Å². The molecule has 0 aromatic carbocycles. The molecule has 0 fully saturated rings. The van der Waals surface area contributed by atoms with Crippen LogP contribution in [0.5, 0.6) is 0 Å². The predicted molar refractivity (Wildman–Crippen MR) is 36.1 cm³/mol. The van der Waals surface area contributed by atoms with Crippen molar-refractivity contribution < 1.29 is 26.3 Å². The van der Waals surface area contributed by atoms with Crippen LogP contribution in [0.15, 0.2) is 0 Å². The maximum absolute atomic E-state index is 11.9. The SMILES string of the molecule is CCC(F)C(F)(F)C(F)(F)F.[AlH3]. The van der Waals surface area contributed by atoms with Crippen molar-refractivity contribution in [1.29, 1.82) is 0 Å². The summed E-state index contributed by atoms with van der Waals surface area (Å²) >= 11 is 0. The number of alkyl halides is 6. The minimum absolute atomic E-state index is 0. The molecule has 0 aromatic heterocycles. The van der Waals surface area contributed by atoms with Crippen LogP contribution >= 0.6 is 0 Å². The molecule has 0 radical (unpaired) electrons. The Hall–Kier alpha value is 0.112. The summed E-state index contributed by atoms with van der Waals surface area (Å²) in [6.07, 6.45) is -9.79. The zero-order valence-electron chi connectivity index (χ0n) is 5.55. The summed E-state index contributed by atoms with van der Waals surface area (Å²) in [4.78, 5) is 0. The van der Waals surface area contributed by atoms with Crippen LogP contribution in [0.25, 0.3) is 0 Å². The van der Waals surface area contributed by atoms with Crippen LogP contribution in [0, 0.1) is 0 Å². The molecule has 0 amide bonds. The number of halogens is 6. The van der Waals surface area contributed by atoms with Crippen molar-refractivity contribution >= 4 is 17.4 Å². The summed E-state index contributed by atoms with van der Waals surface area (Å²) in [5.74, 6) is -5.22. The van der Waals surface area contributed by atoms with Crippen molar-refractivity contribution in [2.45, 2.75) is 31.6 Å². The van der Waals surface area contributed by atoms with Crippen LogP contribution in [0.3, 0.4) is 0 Å². The first-order chi connectivity index (χ1) is 4.73. The molecule has 0 bridgehead atoms. The van der Waals surface area contributed by atoms with E-state index < -0.39 is 24.7 Å². The van der Waals surface area contributed by atoms with E-state index in [0.29, 0.717) is 0 Å². The molecule has 0 saturated carbocycles. The summed E-state index contributed by atoms with van der Waals surface area (Å²) < 4.78 is 69.4. The highest BCUT2D eigenvalue weighted by Crippen LogP contribution is 2.40. The second-order valence-corrected chi connectivity index (χ2v) is 2.00. The highest BCUT2D eigenvalue weighted by Gasteiger charge is 2.62. The van der Waals surface area contributed by atoms with Crippen LogP contribution in [0.1, 0.15) is 13.3 Å². The molecule has 1 unspecified atom stereocenters. The topological polar surface area (TPSA) is 0 Å². The molecule has 0 heterocycles. The summed E-state index contributed by atoms with van der Waals surface area (Å²) in [6.45, 7) is 0.921. The third kappa shape index (κ3) is 2.87. The Kier molecular flexibility index (Phi) is 5.34. The third-order valence-corrected chi connectivity index (χ3v) is 1.13. The fourth-order valence-corrected chi connectivity index (χ4v) is 0.434. The first-order valence-corrected chi connectivity index (χ1v) is 2.82. The van der Waals surface area contributed by atoms with E-state index in [1.54, 1.807) is 0 Å². The van der Waals surface area contributed by atoms with Crippen LogP contribution in [0.4, 0.5) is 26.3 Å². The van der Waals surface area contributed by atoms with E-state index in [1.165, 1.54) is 0 Å². The highest BCUT2D eigenvalue weighted by molar-refractivity contribution is 5.75. The van der Waals surface area contributed by atoms with Gasteiger partial charge in [-0.3, -0.25) is 0 Å². The maximum Gasteiger partial charge on any atom is 0.456 e. The van der Waals surface area contributed by atoms with Crippen molar-refractivity contribution in [2.75, 3.05) is 0 Å². The monoisotopic (exact) mass is 210 g/mol. The van der Waals surface area contributed by atoms with Gasteiger partial charge in [-0.2, -0.15) is 22.0 Å². The van der Waals surface area contributed by atoms with Gasteiger partial charge in [-0.1, -0.05) is 6.92 Å². The normalized spacial score (nSPS) is 15.2. The van der Waals surface area contributed by atoms with E-state index in [2.05, 4.69) is 0 Å². The van der Waals surface area contributed by atoms with Gasteiger partial charge >= 0.3 is 12.1 Å².